The van der Waals surface area contributed by atoms with Crippen LogP contribution in [-0.4, -0.2) is 37.7 Å². The zero-order chi connectivity index (χ0) is 17.1. The lowest BCUT2D eigenvalue weighted by Gasteiger charge is -2.36. The van der Waals surface area contributed by atoms with Gasteiger partial charge in [-0.15, -0.1) is 0 Å². The minimum Gasteiger partial charge on any atom is -0.381 e. The number of carbonyl (C=O) groups excluding carboxylic acids is 2. The molecule has 1 saturated carbocycles. The number of hydrogen-bond acceptors (Lipinski definition) is 3. The molecule has 3 N–H and O–H groups in total. The number of primary amides is 1. The molecule has 0 radical (unpaired) electrons. The highest BCUT2D eigenvalue weighted by Gasteiger charge is 2.48. The first-order valence-electron chi connectivity index (χ1n) is 7.98. The van der Waals surface area contributed by atoms with Crippen LogP contribution in [0.5, 0.6) is 0 Å². The van der Waals surface area contributed by atoms with Gasteiger partial charge >= 0.3 is 6.18 Å². The lowest BCUT2D eigenvalue weighted by atomic mass is 9.77. The second-order valence-electron chi connectivity index (χ2n) is 6.51. The topological polar surface area (TPSA) is 81.4 Å². The first-order chi connectivity index (χ1) is 10.8. The number of nitrogens with two attached hydrogens (primary N) is 1. The molecule has 1 saturated heterocycles. The summed E-state index contributed by atoms with van der Waals surface area (Å²) < 4.78 is 44.4. The van der Waals surface area contributed by atoms with Gasteiger partial charge in [0.2, 0.25) is 11.8 Å². The van der Waals surface area contributed by atoms with Gasteiger partial charge in [-0.1, -0.05) is 12.8 Å². The molecular weight excluding hydrogens is 313 g/mol. The summed E-state index contributed by atoms with van der Waals surface area (Å²) in [5, 5.41) is 2.55. The summed E-state index contributed by atoms with van der Waals surface area (Å²) in [5.41, 5.74) is 4.52. The van der Waals surface area contributed by atoms with Crippen LogP contribution in [0.15, 0.2) is 0 Å². The van der Waals surface area contributed by atoms with Crippen LogP contribution in [0.2, 0.25) is 0 Å². The van der Waals surface area contributed by atoms with Crippen molar-refractivity contribution in [3.8, 4) is 0 Å². The lowest BCUT2D eigenvalue weighted by molar-refractivity contribution is -0.198. The average molecular weight is 336 g/mol. The molecule has 0 spiro atoms. The maximum atomic E-state index is 13.1. The summed E-state index contributed by atoms with van der Waals surface area (Å²) >= 11 is 0. The fourth-order valence-electron chi connectivity index (χ4n) is 3.50. The van der Waals surface area contributed by atoms with E-state index in [0.717, 1.165) is 0 Å². The fraction of sp³-hybridized carbons (Fsp3) is 0.867. The molecule has 5 nitrogen and oxygen atoms in total. The van der Waals surface area contributed by atoms with E-state index in [-0.39, 0.29) is 19.4 Å². The molecule has 0 aromatic rings. The van der Waals surface area contributed by atoms with Crippen LogP contribution in [-0.2, 0) is 14.3 Å². The summed E-state index contributed by atoms with van der Waals surface area (Å²) in [6.45, 7) is 0.687. The Labute approximate surface area is 133 Å². The van der Waals surface area contributed by atoms with Crippen molar-refractivity contribution in [3.05, 3.63) is 0 Å². The SMILES string of the molecule is NC(=O)C1(CNC(=O)C2CCCCC2C(F)(F)F)CCOCC1. The van der Waals surface area contributed by atoms with E-state index in [2.05, 4.69) is 5.32 Å². The van der Waals surface area contributed by atoms with E-state index in [1.54, 1.807) is 0 Å². The van der Waals surface area contributed by atoms with E-state index in [1.807, 2.05) is 0 Å². The van der Waals surface area contributed by atoms with Crippen molar-refractivity contribution in [1.82, 2.24) is 5.32 Å². The van der Waals surface area contributed by atoms with E-state index in [0.29, 0.717) is 38.9 Å². The molecule has 2 atom stereocenters. The van der Waals surface area contributed by atoms with Crippen LogP contribution in [0.4, 0.5) is 13.2 Å². The molecule has 2 aliphatic rings. The Hall–Kier alpha value is -1.31. The molecule has 2 fully saturated rings. The number of nitrogens with one attached hydrogen (secondary N) is 1. The predicted octanol–water partition coefficient (Wildman–Crippen LogP) is 1.75. The smallest absolute Gasteiger partial charge is 0.381 e. The number of halogens is 3. The fourth-order valence-corrected chi connectivity index (χ4v) is 3.50. The standard InChI is InChI=1S/C15H23F3N2O3/c16-15(17,18)11-4-2-1-3-10(11)12(21)20-9-14(13(19)22)5-7-23-8-6-14/h10-11H,1-9H2,(H2,19,22)(H,20,21). The third-order valence-electron chi connectivity index (χ3n) is 5.10. The molecule has 2 unspecified atom stereocenters. The number of alkyl halides is 3. The van der Waals surface area contributed by atoms with E-state index in [9.17, 15) is 22.8 Å². The molecule has 8 heteroatoms. The highest BCUT2D eigenvalue weighted by Crippen LogP contribution is 2.41. The second-order valence-corrected chi connectivity index (χ2v) is 6.51. The lowest BCUT2D eigenvalue weighted by Crippen LogP contribution is -2.51. The van der Waals surface area contributed by atoms with Crippen molar-refractivity contribution in [2.75, 3.05) is 19.8 Å². The molecule has 0 aromatic carbocycles. The zero-order valence-electron chi connectivity index (χ0n) is 13.0. The number of ether oxygens (including phenoxy) is 1. The summed E-state index contributed by atoms with van der Waals surface area (Å²) in [6, 6.07) is 0. The molecule has 1 aliphatic carbocycles. The van der Waals surface area contributed by atoms with Crippen LogP contribution in [0.25, 0.3) is 0 Å². The van der Waals surface area contributed by atoms with Gasteiger partial charge in [0.15, 0.2) is 0 Å². The summed E-state index contributed by atoms with van der Waals surface area (Å²) in [5.74, 6) is -3.85. The predicted molar refractivity (Wildman–Crippen MR) is 76.2 cm³/mol. The van der Waals surface area contributed by atoms with Gasteiger partial charge in [0.25, 0.3) is 0 Å². The third kappa shape index (κ3) is 4.16. The van der Waals surface area contributed by atoms with Crippen molar-refractivity contribution in [1.29, 1.82) is 0 Å². The van der Waals surface area contributed by atoms with Crippen molar-refractivity contribution >= 4 is 11.8 Å². The maximum Gasteiger partial charge on any atom is 0.392 e. The highest BCUT2D eigenvalue weighted by molar-refractivity contribution is 5.83. The third-order valence-corrected chi connectivity index (χ3v) is 5.10. The van der Waals surface area contributed by atoms with Gasteiger partial charge in [-0.05, 0) is 25.7 Å². The molecular formula is C15H23F3N2O3. The Morgan fingerprint density at radius 2 is 1.78 bits per heavy atom. The molecule has 2 rings (SSSR count). The normalized spacial score (nSPS) is 28.1. The first-order valence-corrected chi connectivity index (χ1v) is 7.98. The van der Waals surface area contributed by atoms with Gasteiger partial charge in [-0.2, -0.15) is 13.2 Å². The minimum atomic E-state index is -4.37. The van der Waals surface area contributed by atoms with Crippen LogP contribution in [0, 0.1) is 17.3 Å². The van der Waals surface area contributed by atoms with Crippen molar-refractivity contribution < 1.29 is 27.5 Å². The molecule has 0 aromatic heterocycles. The summed E-state index contributed by atoms with van der Waals surface area (Å²) in [4.78, 5) is 24.0. The summed E-state index contributed by atoms with van der Waals surface area (Å²) in [7, 11) is 0. The molecule has 132 valence electrons. The van der Waals surface area contributed by atoms with Gasteiger partial charge in [-0.3, -0.25) is 9.59 Å². The van der Waals surface area contributed by atoms with Gasteiger partial charge in [-0.25, -0.2) is 0 Å². The van der Waals surface area contributed by atoms with Crippen LogP contribution in [0.3, 0.4) is 0 Å². The van der Waals surface area contributed by atoms with E-state index in [1.165, 1.54) is 0 Å². The average Bonchev–Trinajstić information content (AvgIpc) is 2.52. The highest BCUT2D eigenvalue weighted by atomic mass is 19.4. The van der Waals surface area contributed by atoms with E-state index in [4.69, 9.17) is 10.5 Å². The van der Waals surface area contributed by atoms with Gasteiger partial charge in [0.1, 0.15) is 0 Å². The van der Waals surface area contributed by atoms with Crippen LogP contribution in [0.1, 0.15) is 38.5 Å². The van der Waals surface area contributed by atoms with Crippen LogP contribution < -0.4 is 11.1 Å². The molecule has 1 aliphatic heterocycles. The summed E-state index contributed by atoms with van der Waals surface area (Å²) in [6.07, 6.45) is -2.33. The quantitative estimate of drug-likeness (QED) is 0.821. The van der Waals surface area contributed by atoms with Crippen molar-refractivity contribution in [2.45, 2.75) is 44.7 Å². The Balaban J connectivity index is 2.01. The van der Waals surface area contributed by atoms with Gasteiger partial charge in [0, 0.05) is 25.7 Å². The Morgan fingerprint density at radius 1 is 1.17 bits per heavy atom. The number of carbonyl (C=O) groups is 2. The maximum absolute atomic E-state index is 13.1. The van der Waals surface area contributed by atoms with E-state index >= 15 is 0 Å². The second kappa shape index (κ2) is 7.07. The van der Waals surface area contributed by atoms with Gasteiger partial charge < -0.3 is 15.8 Å². The molecule has 0 bridgehead atoms. The molecule has 2 amide bonds. The Kier molecular flexibility index (Phi) is 5.54. The number of hydrogen-bond donors (Lipinski definition) is 2. The largest absolute Gasteiger partial charge is 0.392 e. The van der Waals surface area contributed by atoms with Crippen molar-refractivity contribution in [2.24, 2.45) is 23.0 Å². The Morgan fingerprint density at radius 3 is 2.35 bits per heavy atom. The monoisotopic (exact) mass is 336 g/mol. The Bertz CT molecular complexity index is 448. The number of amides is 2. The van der Waals surface area contributed by atoms with Gasteiger partial charge in [0.05, 0.1) is 11.3 Å². The minimum absolute atomic E-state index is 0.0175. The zero-order valence-corrected chi connectivity index (χ0v) is 13.0. The molecule has 1 heterocycles. The van der Waals surface area contributed by atoms with Crippen molar-refractivity contribution in [3.63, 3.8) is 0 Å². The van der Waals surface area contributed by atoms with E-state index < -0.39 is 35.2 Å². The molecule has 23 heavy (non-hydrogen) atoms. The first kappa shape index (κ1) is 18.0. The van der Waals surface area contributed by atoms with Crippen LogP contribution >= 0.6 is 0 Å². The number of rotatable bonds is 4.